The van der Waals surface area contributed by atoms with E-state index in [0.717, 1.165) is 35.3 Å². The Balaban J connectivity index is 1.84. The third-order valence-electron chi connectivity index (χ3n) is 4.04. The number of anilines is 2. The summed E-state index contributed by atoms with van der Waals surface area (Å²) in [5, 5.41) is 3.06. The number of hydrogen-bond donors (Lipinski definition) is 2. The van der Waals surface area contributed by atoms with E-state index in [9.17, 15) is 4.79 Å². The minimum Gasteiger partial charge on any atom is -0.399 e. The highest BCUT2D eigenvalue weighted by Crippen LogP contribution is 2.49. The summed E-state index contributed by atoms with van der Waals surface area (Å²) in [5.41, 5.74) is 9.09. The van der Waals surface area contributed by atoms with Crippen LogP contribution in [0.1, 0.15) is 24.0 Å². The van der Waals surface area contributed by atoms with Crippen molar-refractivity contribution in [1.29, 1.82) is 0 Å². The quantitative estimate of drug-likeness (QED) is 0.838. The zero-order chi connectivity index (χ0) is 14.2. The number of hydrogen-bond acceptors (Lipinski definition) is 2. The molecule has 2 aromatic carbocycles. The first-order chi connectivity index (χ1) is 9.62. The molecule has 0 saturated heterocycles. The Kier molecular flexibility index (Phi) is 2.97. The van der Waals surface area contributed by atoms with Gasteiger partial charge < -0.3 is 11.1 Å². The Bertz CT molecular complexity index is 642. The molecule has 3 nitrogen and oxygen atoms in total. The molecule has 0 spiro atoms. The van der Waals surface area contributed by atoms with E-state index in [1.54, 1.807) is 0 Å². The van der Waals surface area contributed by atoms with E-state index in [0.29, 0.717) is 0 Å². The number of para-hydroxylation sites is 1. The molecule has 20 heavy (non-hydrogen) atoms. The lowest BCUT2D eigenvalue weighted by molar-refractivity contribution is -0.118. The number of rotatable bonds is 3. The van der Waals surface area contributed by atoms with Gasteiger partial charge in [-0.2, -0.15) is 0 Å². The monoisotopic (exact) mass is 266 g/mol. The van der Waals surface area contributed by atoms with Crippen LogP contribution in [-0.2, 0) is 10.2 Å². The second kappa shape index (κ2) is 4.67. The van der Waals surface area contributed by atoms with Gasteiger partial charge in [-0.3, -0.25) is 4.79 Å². The molecule has 0 unspecified atom stereocenters. The number of carbonyl (C=O) groups is 1. The van der Waals surface area contributed by atoms with Crippen molar-refractivity contribution in [3.8, 4) is 0 Å². The summed E-state index contributed by atoms with van der Waals surface area (Å²) in [6.07, 6.45) is 1.79. The average molecular weight is 266 g/mol. The smallest absolute Gasteiger partial charge is 0.235 e. The van der Waals surface area contributed by atoms with Gasteiger partial charge in [0.15, 0.2) is 0 Å². The zero-order valence-corrected chi connectivity index (χ0v) is 11.5. The standard InChI is InChI=1S/C17H18N2O/c1-12-4-2-3-5-15(12)19-16(20)17(10-11-17)13-6-8-14(18)9-7-13/h2-9H,10-11,18H2,1H3,(H,19,20). The molecular weight excluding hydrogens is 248 g/mol. The van der Waals surface area contributed by atoms with Crippen molar-refractivity contribution in [2.24, 2.45) is 0 Å². The third kappa shape index (κ3) is 2.16. The summed E-state index contributed by atoms with van der Waals surface area (Å²) >= 11 is 0. The molecule has 0 atom stereocenters. The number of carbonyl (C=O) groups excluding carboxylic acids is 1. The summed E-state index contributed by atoms with van der Waals surface area (Å²) in [5.74, 6) is 0.0802. The fourth-order valence-electron chi connectivity index (χ4n) is 2.53. The van der Waals surface area contributed by atoms with Crippen molar-refractivity contribution in [2.75, 3.05) is 11.1 Å². The van der Waals surface area contributed by atoms with E-state index in [2.05, 4.69) is 5.32 Å². The van der Waals surface area contributed by atoms with E-state index in [1.807, 2.05) is 55.5 Å². The maximum atomic E-state index is 12.6. The Labute approximate surface area is 118 Å². The molecule has 0 bridgehead atoms. The molecule has 0 heterocycles. The van der Waals surface area contributed by atoms with Crippen molar-refractivity contribution in [3.05, 3.63) is 59.7 Å². The second-order valence-electron chi connectivity index (χ2n) is 5.47. The van der Waals surface area contributed by atoms with Crippen molar-refractivity contribution < 1.29 is 4.79 Å². The van der Waals surface area contributed by atoms with Gasteiger partial charge in [0.2, 0.25) is 5.91 Å². The summed E-state index contributed by atoms with van der Waals surface area (Å²) in [6, 6.07) is 15.5. The molecule has 1 aliphatic carbocycles. The first-order valence-electron chi connectivity index (χ1n) is 6.85. The zero-order valence-electron chi connectivity index (χ0n) is 11.5. The summed E-state index contributed by atoms with van der Waals surface area (Å²) in [4.78, 5) is 12.6. The molecule has 1 amide bonds. The topological polar surface area (TPSA) is 55.1 Å². The van der Waals surface area contributed by atoms with E-state index in [-0.39, 0.29) is 11.3 Å². The molecule has 2 aromatic rings. The SMILES string of the molecule is Cc1ccccc1NC(=O)C1(c2ccc(N)cc2)CC1. The molecule has 1 aliphatic rings. The van der Waals surface area contributed by atoms with Crippen LogP contribution < -0.4 is 11.1 Å². The molecule has 3 rings (SSSR count). The number of nitrogen functional groups attached to an aromatic ring is 1. The molecule has 0 radical (unpaired) electrons. The van der Waals surface area contributed by atoms with Gasteiger partial charge in [0.25, 0.3) is 0 Å². The van der Waals surface area contributed by atoms with Gasteiger partial charge in [-0.1, -0.05) is 30.3 Å². The van der Waals surface area contributed by atoms with Crippen LogP contribution in [0.5, 0.6) is 0 Å². The molecule has 102 valence electrons. The number of nitrogens with two attached hydrogens (primary N) is 1. The van der Waals surface area contributed by atoms with Gasteiger partial charge >= 0.3 is 0 Å². The Morgan fingerprint density at radius 1 is 1.10 bits per heavy atom. The highest BCUT2D eigenvalue weighted by molar-refractivity contribution is 6.01. The molecule has 0 aromatic heterocycles. The van der Waals surface area contributed by atoms with E-state index >= 15 is 0 Å². The first kappa shape index (κ1) is 12.7. The van der Waals surface area contributed by atoms with Crippen LogP contribution in [0.3, 0.4) is 0 Å². The average Bonchev–Trinajstić information content (AvgIpc) is 3.24. The van der Waals surface area contributed by atoms with Gasteiger partial charge in [0, 0.05) is 11.4 Å². The largest absolute Gasteiger partial charge is 0.399 e. The molecular formula is C17H18N2O. The lowest BCUT2D eigenvalue weighted by atomic mass is 9.94. The van der Waals surface area contributed by atoms with Gasteiger partial charge in [-0.05, 0) is 49.1 Å². The molecule has 3 N–H and O–H groups in total. The Morgan fingerprint density at radius 2 is 1.75 bits per heavy atom. The predicted octanol–water partition coefficient (Wildman–Crippen LogP) is 3.25. The highest BCUT2D eigenvalue weighted by Gasteiger charge is 2.51. The fraction of sp³-hybridized carbons (Fsp3) is 0.235. The van der Waals surface area contributed by atoms with E-state index in [4.69, 9.17) is 5.73 Å². The van der Waals surface area contributed by atoms with E-state index in [1.165, 1.54) is 0 Å². The molecule has 1 saturated carbocycles. The van der Waals surface area contributed by atoms with Crippen molar-refractivity contribution in [1.82, 2.24) is 0 Å². The lowest BCUT2D eigenvalue weighted by Crippen LogP contribution is -2.28. The van der Waals surface area contributed by atoms with Crippen LogP contribution in [0.15, 0.2) is 48.5 Å². The summed E-state index contributed by atoms with van der Waals surface area (Å²) in [7, 11) is 0. The third-order valence-corrected chi connectivity index (χ3v) is 4.04. The maximum Gasteiger partial charge on any atom is 0.235 e. The van der Waals surface area contributed by atoms with Gasteiger partial charge in [-0.25, -0.2) is 0 Å². The summed E-state index contributed by atoms with van der Waals surface area (Å²) < 4.78 is 0. The lowest BCUT2D eigenvalue weighted by Gasteiger charge is -2.17. The second-order valence-corrected chi connectivity index (χ2v) is 5.47. The minimum atomic E-state index is -0.365. The maximum absolute atomic E-state index is 12.6. The van der Waals surface area contributed by atoms with Crippen LogP contribution in [0, 0.1) is 6.92 Å². The van der Waals surface area contributed by atoms with E-state index < -0.39 is 0 Å². The Morgan fingerprint density at radius 3 is 2.35 bits per heavy atom. The van der Waals surface area contributed by atoms with Crippen molar-refractivity contribution in [2.45, 2.75) is 25.2 Å². The Hall–Kier alpha value is -2.29. The number of aryl methyl sites for hydroxylation is 1. The highest BCUT2D eigenvalue weighted by atomic mass is 16.2. The van der Waals surface area contributed by atoms with Crippen LogP contribution in [0.4, 0.5) is 11.4 Å². The van der Waals surface area contributed by atoms with Crippen LogP contribution in [-0.4, -0.2) is 5.91 Å². The number of nitrogens with one attached hydrogen (secondary N) is 1. The summed E-state index contributed by atoms with van der Waals surface area (Å²) in [6.45, 7) is 2.00. The molecule has 0 aliphatic heterocycles. The number of benzene rings is 2. The van der Waals surface area contributed by atoms with Gasteiger partial charge in [0.05, 0.1) is 5.41 Å². The van der Waals surface area contributed by atoms with Crippen LogP contribution >= 0.6 is 0 Å². The van der Waals surface area contributed by atoms with Gasteiger partial charge in [-0.15, -0.1) is 0 Å². The minimum absolute atomic E-state index is 0.0802. The normalized spacial score (nSPS) is 15.7. The van der Waals surface area contributed by atoms with Crippen LogP contribution in [0.25, 0.3) is 0 Å². The van der Waals surface area contributed by atoms with Crippen LogP contribution in [0.2, 0.25) is 0 Å². The first-order valence-corrected chi connectivity index (χ1v) is 6.85. The van der Waals surface area contributed by atoms with Crippen molar-refractivity contribution in [3.63, 3.8) is 0 Å². The number of amides is 1. The van der Waals surface area contributed by atoms with Gasteiger partial charge in [0.1, 0.15) is 0 Å². The molecule has 1 fully saturated rings. The predicted molar refractivity (Wildman–Crippen MR) is 81.6 cm³/mol. The fourth-order valence-corrected chi connectivity index (χ4v) is 2.53. The van der Waals surface area contributed by atoms with Crippen molar-refractivity contribution >= 4 is 17.3 Å². The molecule has 3 heteroatoms.